The van der Waals surface area contributed by atoms with Crippen molar-refractivity contribution in [3.8, 4) is 5.75 Å². The van der Waals surface area contributed by atoms with Gasteiger partial charge in [0.05, 0.1) is 18.7 Å². The highest BCUT2D eigenvalue weighted by molar-refractivity contribution is 5.94. The van der Waals surface area contributed by atoms with E-state index in [4.69, 9.17) is 9.47 Å². The number of esters is 2. The Morgan fingerprint density at radius 1 is 1.27 bits per heavy atom. The fourth-order valence-electron chi connectivity index (χ4n) is 3.30. The molecule has 0 aromatic heterocycles. The summed E-state index contributed by atoms with van der Waals surface area (Å²) in [5, 5.41) is 26.7. The number of amides is 1. The molecule has 1 aromatic rings. The van der Waals surface area contributed by atoms with Gasteiger partial charge in [-0.25, -0.2) is 4.79 Å². The average molecular weight is 513 g/mol. The predicted molar refractivity (Wildman–Crippen MR) is 137 cm³/mol. The molecule has 198 valence electrons. The zero-order chi connectivity index (χ0) is 27.2. The molecule has 1 heterocycles. The van der Waals surface area contributed by atoms with E-state index in [1.165, 1.54) is 49.9 Å². The molecule has 0 spiro atoms. The van der Waals surface area contributed by atoms with Crippen LogP contribution in [-0.4, -0.2) is 59.7 Å². The van der Waals surface area contributed by atoms with Crippen molar-refractivity contribution in [3.05, 3.63) is 77.6 Å². The van der Waals surface area contributed by atoms with Crippen molar-refractivity contribution in [2.75, 3.05) is 7.11 Å². The first-order valence-corrected chi connectivity index (χ1v) is 11.6. The number of aromatic hydroxyl groups is 1. The number of phenolic OH excluding ortho intramolecular Hbond substituents is 1. The third-order valence-corrected chi connectivity index (χ3v) is 5.24. The standard InChI is InChI=1S/C27H32N2O8/c1-18-11-13-20-7-4-9-23(31)26(20)27(34)37-21(17-25(33)36-19(2)12-14-22(18)30)8-5-15-28-24(32)10-6-16-29-35-3/h4-7,9-12,14-16,19,21-22,30-31H,8,13,17H2,1-3H3,(H,28,32)/b10-6-,14-12+,15-5+,18-11-,29-16-. The number of ether oxygens (including phenoxy) is 2. The number of aliphatic hydroxyl groups excluding tert-OH is 1. The second-order valence-electron chi connectivity index (χ2n) is 8.16. The van der Waals surface area contributed by atoms with Crippen molar-refractivity contribution >= 4 is 24.1 Å². The lowest BCUT2D eigenvalue weighted by molar-refractivity contribution is -0.148. The van der Waals surface area contributed by atoms with Crippen LogP contribution in [0.4, 0.5) is 0 Å². The number of rotatable bonds is 6. The molecule has 0 radical (unpaired) electrons. The van der Waals surface area contributed by atoms with E-state index in [0.29, 0.717) is 11.1 Å². The molecule has 0 fully saturated rings. The molecule has 10 heteroatoms. The van der Waals surface area contributed by atoms with Gasteiger partial charge in [-0.05, 0) is 49.6 Å². The Balaban J connectivity index is 2.25. The van der Waals surface area contributed by atoms with Crippen LogP contribution in [0.3, 0.4) is 0 Å². The summed E-state index contributed by atoms with van der Waals surface area (Å²) in [6, 6.07) is 4.65. The Hall–Kier alpha value is -4.18. The number of nitrogens with one attached hydrogen (secondary N) is 1. The number of carbonyl (C=O) groups is 3. The SMILES string of the molecule is CO/N=C\C=C/C(=O)N/C=C/CC1CC(=O)OC(C)/C=C/C(O)/C(C)=C\Cc2cccc(O)c2C(=O)O1. The Morgan fingerprint density at radius 3 is 2.81 bits per heavy atom. The molecule has 1 aromatic carbocycles. The fourth-order valence-corrected chi connectivity index (χ4v) is 3.30. The summed E-state index contributed by atoms with van der Waals surface area (Å²) in [4.78, 5) is 41.9. The number of benzene rings is 1. The van der Waals surface area contributed by atoms with Gasteiger partial charge in [-0.1, -0.05) is 35.5 Å². The molecule has 3 atom stereocenters. The van der Waals surface area contributed by atoms with Crippen LogP contribution in [0.15, 0.2) is 71.6 Å². The number of fused-ring (bicyclic) bond motifs is 1. The molecule has 2 rings (SSSR count). The Morgan fingerprint density at radius 2 is 2.05 bits per heavy atom. The van der Waals surface area contributed by atoms with Gasteiger partial charge in [0, 0.05) is 18.7 Å². The Bertz CT molecular complexity index is 1100. The molecular weight excluding hydrogens is 480 g/mol. The number of oxime groups is 1. The zero-order valence-corrected chi connectivity index (χ0v) is 21.0. The predicted octanol–water partition coefficient (Wildman–Crippen LogP) is 2.87. The molecule has 3 unspecified atom stereocenters. The molecule has 3 N–H and O–H groups in total. The highest BCUT2D eigenvalue weighted by Gasteiger charge is 2.24. The maximum absolute atomic E-state index is 13.1. The van der Waals surface area contributed by atoms with Crippen LogP contribution in [0.5, 0.6) is 5.75 Å². The first-order chi connectivity index (χ1) is 17.7. The van der Waals surface area contributed by atoms with Crippen molar-refractivity contribution in [3.63, 3.8) is 0 Å². The summed E-state index contributed by atoms with van der Waals surface area (Å²) in [7, 11) is 1.38. The van der Waals surface area contributed by atoms with E-state index in [-0.39, 0.29) is 30.6 Å². The van der Waals surface area contributed by atoms with Gasteiger partial charge in [0.25, 0.3) is 0 Å². The van der Waals surface area contributed by atoms with Crippen LogP contribution >= 0.6 is 0 Å². The third-order valence-electron chi connectivity index (χ3n) is 5.24. The fraction of sp³-hybridized carbons (Fsp3) is 0.333. The minimum absolute atomic E-state index is 0.0293. The summed E-state index contributed by atoms with van der Waals surface area (Å²) in [6.07, 6.45) is 9.26. The monoisotopic (exact) mass is 512 g/mol. The number of cyclic esters (lactones) is 2. The van der Waals surface area contributed by atoms with Crippen molar-refractivity contribution in [1.82, 2.24) is 5.32 Å². The van der Waals surface area contributed by atoms with E-state index >= 15 is 0 Å². The quantitative estimate of drug-likeness (QED) is 0.174. The van der Waals surface area contributed by atoms with Crippen molar-refractivity contribution < 1.29 is 38.9 Å². The normalized spacial score (nSPS) is 23.9. The Kier molecular flexibility index (Phi) is 11.8. The average Bonchev–Trinajstić information content (AvgIpc) is 2.85. The lowest BCUT2D eigenvalue weighted by Gasteiger charge is -2.18. The maximum atomic E-state index is 13.1. The van der Waals surface area contributed by atoms with Crippen molar-refractivity contribution in [2.24, 2.45) is 5.16 Å². The topological polar surface area (TPSA) is 144 Å². The third kappa shape index (κ3) is 10.1. The van der Waals surface area contributed by atoms with E-state index in [0.717, 1.165) is 0 Å². The summed E-state index contributed by atoms with van der Waals surface area (Å²) < 4.78 is 10.9. The minimum Gasteiger partial charge on any atom is -0.507 e. The van der Waals surface area contributed by atoms with Gasteiger partial charge < -0.3 is 29.8 Å². The molecule has 1 aliphatic rings. The summed E-state index contributed by atoms with van der Waals surface area (Å²) in [6.45, 7) is 3.38. The lowest BCUT2D eigenvalue weighted by Crippen LogP contribution is -2.25. The molecule has 0 saturated heterocycles. The molecule has 0 saturated carbocycles. The van der Waals surface area contributed by atoms with Gasteiger partial charge in [-0.15, -0.1) is 0 Å². The largest absolute Gasteiger partial charge is 0.507 e. The van der Waals surface area contributed by atoms with Crippen molar-refractivity contribution in [1.29, 1.82) is 0 Å². The van der Waals surface area contributed by atoms with Crippen molar-refractivity contribution in [2.45, 2.75) is 51.4 Å². The lowest BCUT2D eigenvalue weighted by atomic mass is 10.0. The van der Waals surface area contributed by atoms with E-state index in [1.54, 1.807) is 38.1 Å². The maximum Gasteiger partial charge on any atom is 0.342 e. The highest BCUT2D eigenvalue weighted by atomic mass is 16.6. The van der Waals surface area contributed by atoms with Crippen LogP contribution in [0, 0.1) is 0 Å². The molecule has 1 amide bonds. The van der Waals surface area contributed by atoms with E-state index in [1.807, 2.05) is 0 Å². The van der Waals surface area contributed by atoms with Gasteiger partial charge in [-0.3, -0.25) is 9.59 Å². The molecular formula is C27H32N2O8. The number of carbonyl (C=O) groups excluding carboxylic acids is 3. The van der Waals surface area contributed by atoms with Gasteiger partial charge >= 0.3 is 11.9 Å². The van der Waals surface area contributed by atoms with Crippen LogP contribution in [-0.2, 0) is 30.3 Å². The van der Waals surface area contributed by atoms with Crippen LogP contribution in [0.25, 0.3) is 0 Å². The van der Waals surface area contributed by atoms with Gasteiger partial charge in [-0.2, -0.15) is 0 Å². The molecule has 1 aliphatic heterocycles. The first-order valence-electron chi connectivity index (χ1n) is 11.6. The summed E-state index contributed by atoms with van der Waals surface area (Å²) in [5.41, 5.74) is 1.09. The second kappa shape index (κ2) is 15.0. The number of allylic oxidation sites excluding steroid dienone is 2. The Labute approximate surface area is 215 Å². The highest BCUT2D eigenvalue weighted by Crippen LogP contribution is 2.25. The van der Waals surface area contributed by atoms with E-state index in [2.05, 4.69) is 15.3 Å². The van der Waals surface area contributed by atoms with Crippen LogP contribution in [0.1, 0.15) is 42.6 Å². The van der Waals surface area contributed by atoms with Crippen LogP contribution < -0.4 is 5.32 Å². The van der Waals surface area contributed by atoms with Gasteiger partial charge in [0.15, 0.2) is 0 Å². The minimum atomic E-state index is -0.936. The summed E-state index contributed by atoms with van der Waals surface area (Å²) in [5.74, 6) is -2.12. The van der Waals surface area contributed by atoms with Gasteiger partial charge in [0.2, 0.25) is 5.91 Å². The zero-order valence-electron chi connectivity index (χ0n) is 21.0. The van der Waals surface area contributed by atoms with Gasteiger partial charge in [0.1, 0.15) is 30.6 Å². The van der Waals surface area contributed by atoms with E-state index in [9.17, 15) is 24.6 Å². The number of hydrogen-bond acceptors (Lipinski definition) is 9. The molecule has 37 heavy (non-hydrogen) atoms. The van der Waals surface area contributed by atoms with Crippen LogP contribution in [0.2, 0.25) is 0 Å². The first kappa shape index (κ1) is 29.1. The number of hydrogen-bond donors (Lipinski definition) is 3. The molecule has 0 bridgehead atoms. The molecule has 10 nitrogen and oxygen atoms in total. The number of phenols is 1. The second-order valence-corrected chi connectivity index (χ2v) is 8.16. The molecule has 0 aliphatic carbocycles. The van der Waals surface area contributed by atoms with E-state index < -0.39 is 36.2 Å². The number of aliphatic hydroxyl groups is 1. The smallest absolute Gasteiger partial charge is 0.342 e. The summed E-state index contributed by atoms with van der Waals surface area (Å²) >= 11 is 0. The number of nitrogens with zero attached hydrogens (tertiary/aromatic N) is 1.